The monoisotopic (exact) mass is 398 g/mol. The van der Waals surface area contributed by atoms with E-state index in [1.54, 1.807) is 24.3 Å². The van der Waals surface area contributed by atoms with Gasteiger partial charge in [0.25, 0.3) is 0 Å². The summed E-state index contributed by atoms with van der Waals surface area (Å²) in [5.74, 6) is -0.0545. The lowest BCUT2D eigenvalue weighted by Crippen LogP contribution is -2.32. The average Bonchev–Trinajstić information content (AvgIpc) is 2.56. The highest BCUT2D eigenvalue weighted by atomic mass is 35.5. The van der Waals surface area contributed by atoms with Gasteiger partial charge in [-0.25, -0.2) is 13.6 Å². The number of rotatable bonds is 7. The molecule has 1 amide bonds. The molecule has 1 atom stereocenters. The van der Waals surface area contributed by atoms with Gasteiger partial charge in [-0.05, 0) is 55.3 Å². The maximum absolute atomic E-state index is 12.1. The normalized spacial score (nSPS) is 12.6. The molecule has 0 heterocycles. The van der Waals surface area contributed by atoms with Crippen LogP contribution < -0.4 is 10.5 Å². The second kappa shape index (κ2) is 8.71. The topological polar surface area (TPSA) is 89.3 Å². The summed E-state index contributed by atoms with van der Waals surface area (Å²) in [5.41, 5.74) is 0.922. The van der Waals surface area contributed by atoms with E-state index in [0.29, 0.717) is 18.0 Å². The van der Waals surface area contributed by atoms with Gasteiger partial charge in [0.1, 0.15) is 0 Å². The number of carbonyl (C=O) groups is 1. The van der Waals surface area contributed by atoms with Crippen LogP contribution in [0.1, 0.15) is 12.5 Å². The lowest BCUT2D eigenvalue weighted by molar-refractivity contribution is -0.120. The van der Waals surface area contributed by atoms with Crippen molar-refractivity contribution in [3.05, 3.63) is 59.1 Å². The minimum absolute atomic E-state index is 0.0545. The molecule has 0 bridgehead atoms. The maximum atomic E-state index is 12.1. The second-order valence-electron chi connectivity index (χ2n) is 5.44. The minimum Gasteiger partial charge on any atom is -0.355 e. The van der Waals surface area contributed by atoms with Crippen LogP contribution in [0.5, 0.6) is 0 Å². The van der Waals surface area contributed by atoms with Crippen molar-refractivity contribution in [3.63, 3.8) is 0 Å². The maximum Gasteiger partial charge on any atom is 0.238 e. The van der Waals surface area contributed by atoms with Crippen LogP contribution in [-0.2, 0) is 21.2 Å². The molecule has 25 heavy (non-hydrogen) atoms. The van der Waals surface area contributed by atoms with Crippen LogP contribution in [0.2, 0.25) is 5.02 Å². The third-order valence-electron chi connectivity index (χ3n) is 3.46. The van der Waals surface area contributed by atoms with Crippen molar-refractivity contribution < 1.29 is 13.2 Å². The van der Waals surface area contributed by atoms with Crippen molar-refractivity contribution in [1.29, 1.82) is 0 Å². The summed E-state index contributed by atoms with van der Waals surface area (Å²) in [7, 11) is -3.68. The molecule has 0 aliphatic carbocycles. The lowest BCUT2D eigenvalue weighted by Gasteiger charge is -2.12. The number of halogens is 1. The summed E-state index contributed by atoms with van der Waals surface area (Å²) in [4.78, 5) is 13.2. The molecular weight excluding hydrogens is 380 g/mol. The Labute approximate surface area is 157 Å². The van der Waals surface area contributed by atoms with Gasteiger partial charge >= 0.3 is 0 Å². The van der Waals surface area contributed by atoms with Crippen molar-refractivity contribution >= 4 is 39.3 Å². The van der Waals surface area contributed by atoms with Crippen molar-refractivity contribution in [3.8, 4) is 0 Å². The van der Waals surface area contributed by atoms with Crippen molar-refractivity contribution in [2.24, 2.45) is 5.14 Å². The Balaban J connectivity index is 1.80. The highest BCUT2D eigenvalue weighted by Crippen LogP contribution is 2.24. The molecule has 5 nitrogen and oxygen atoms in total. The van der Waals surface area contributed by atoms with Gasteiger partial charge < -0.3 is 5.32 Å². The van der Waals surface area contributed by atoms with Crippen LogP contribution >= 0.6 is 23.4 Å². The zero-order valence-electron chi connectivity index (χ0n) is 13.6. The first-order valence-corrected chi connectivity index (χ1v) is 10.4. The number of hydrogen-bond acceptors (Lipinski definition) is 4. The van der Waals surface area contributed by atoms with Gasteiger partial charge in [-0.3, -0.25) is 4.79 Å². The van der Waals surface area contributed by atoms with Crippen molar-refractivity contribution in [2.75, 3.05) is 6.54 Å². The molecule has 2 aromatic rings. The van der Waals surface area contributed by atoms with Crippen molar-refractivity contribution in [2.45, 2.75) is 28.4 Å². The molecule has 3 N–H and O–H groups in total. The zero-order chi connectivity index (χ0) is 18.4. The van der Waals surface area contributed by atoms with Gasteiger partial charge in [0.2, 0.25) is 15.9 Å². The predicted molar refractivity (Wildman–Crippen MR) is 101 cm³/mol. The fourth-order valence-electron chi connectivity index (χ4n) is 2.09. The number of amides is 1. The SMILES string of the molecule is C[C@H](Sc1ccc(Cl)cc1)C(=O)NCCc1ccc(S(N)(=O)=O)cc1. The molecule has 0 fully saturated rings. The summed E-state index contributed by atoms with van der Waals surface area (Å²) >= 11 is 7.30. The van der Waals surface area contributed by atoms with Crippen LogP contribution in [0.25, 0.3) is 0 Å². The van der Waals surface area contributed by atoms with Crippen LogP contribution in [0.15, 0.2) is 58.3 Å². The number of benzene rings is 2. The number of carbonyl (C=O) groups excluding carboxylic acids is 1. The molecule has 0 saturated heterocycles. The Bertz CT molecular complexity index is 822. The van der Waals surface area contributed by atoms with Crippen LogP contribution in [0.3, 0.4) is 0 Å². The molecule has 0 saturated carbocycles. The highest BCUT2D eigenvalue weighted by molar-refractivity contribution is 8.00. The fourth-order valence-corrected chi connectivity index (χ4v) is 3.62. The van der Waals surface area contributed by atoms with Crippen molar-refractivity contribution in [1.82, 2.24) is 5.32 Å². The number of nitrogens with two attached hydrogens (primary N) is 1. The predicted octanol–water partition coefficient (Wildman–Crippen LogP) is 2.83. The average molecular weight is 399 g/mol. The Kier molecular flexibility index (Phi) is 6.89. The molecule has 134 valence electrons. The number of nitrogens with one attached hydrogen (secondary N) is 1. The van der Waals surface area contributed by atoms with Crippen LogP contribution in [-0.4, -0.2) is 26.1 Å². The van der Waals surface area contributed by atoms with E-state index in [1.807, 2.05) is 19.1 Å². The Hall–Kier alpha value is -1.54. The quantitative estimate of drug-likeness (QED) is 0.702. The first-order valence-electron chi connectivity index (χ1n) is 7.57. The molecular formula is C17H19ClN2O3S2. The fraction of sp³-hybridized carbons (Fsp3) is 0.235. The van der Waals surface area contributed by atoms with Gasteiger partial charge in [-0.15, -0.1) is 11.8 Å². The number of sulfonamides is 1. The van der Waals surface area contributed by atoms with E-state index in [9.17, 15) is 13.2 Å². The number of hydrogen-bond donors (Lipinski definition) is 2. The summed E-state index contributed by atoms with van der Waals surface area (Å²) in [5, 5.41) is 8.37. The zero-order valence-corrected chi connectivity index (χ0v) is 16.0. The molecule has 2 rings (SSSR count). The summed E-state index contributed by atoms with van der Waals surface area (Å²) in [6, 6.07) is 13.7. The first kappa shape index (κ1) is 19.8. The number of primary sulfonamides is 1. The van der Waals surface area contributed by atoms with E-state index in [0.717, 1.165) is 10.5 Å². The molecule has 0 unspecified atom stereocenters. The lowest BCUT2D eigenvalue weighted by atomic mass is 10.1. The minimum atomic E-state index is -3.68. The van der Waals surface area contributed by atoms with E-state index in [2.05, 4.69) is 5.32 Å². The molecule has 2 aromatic carbocycles. The third kappa shape index (κ3) is 6.36. The van der Waals surface area contributed by atoms with Gasteiger partial charge in [-0.2, -0.15) is 0 Å². The van der Waals surface area contributed by atoms with Gasteiger partial charge in [-0.1, -0.05) is 23.7 Å². The standard InChI is InChI=1S/C17H19ClN2O3S2/c1-12(24-15-6-4-14(18)5-7-15)17(21)20-11-10-13-2-8-16(9-3-13)25(19,22)23/h2-9,12H,10-11H2,1H3,(H,20,21)(H2,19,22,23)/t12-/m0/s1. The third-order valence-corrected chi connectivity index (χ3v) is 5.75. The van der Waals surface area contributed by atoms with E-state index < -0.39 is 10.0 Å². The Morgan fingerprint density at radius 2 is 1.76 bits per heavy atom. The van der Waals surface area contributed by atoms with Gasteiger partial charge in [0.05, 0.1) is 10.1 Å². The van der Waals surface area contributed by atoms with Crippen LogP contribution in [0.4, 0.5) is 0 Å². The van der Waals surface area contributed by atoms with E-state index >= 15 is 0 Å². The molecule has 0 aliphatic heterocycles. The second-order valence-corrected chi connectivity index (χ2v) is 8.86. The largest absolute Gasteiger partial charge is 0.355 e. The van der Waals surface area contributed by atoms with Gasteiger partial charge in [0.15, 0.2) is 0 Å². The Morgan fingerprint density at radius 3 is 2.32 bits per heavy atom. The molecule has 0 radical (unpaired) electrons. The first-order chi connectivity index (χ1) is 11.8. The summed E-state index contributed by atoms with van der Waals surface area (Å²) in [6.45, 7) is 2.31. The molecule has 0 spiro atoms. The molecule has 8 heteroatoms. The van der Waals surface area contributed by atoms with E-state index in [4.69, 9.17) is 16.7 Å². The highest BCUT2D eigenvalue weighted by Gasteiger charge is 2.14. The van der Waals surface area contributed by atoms with Gasteiger partial charge in [0, 0.05) is 16.5 Å². The number of thioether (sulfide) groups is 1. The Morgan fingerprint density at radius 1 is 1.16 bits per heavy atom. The van der Waals surface area contributed by atoms with Crippen LogP contribution in [0, 0.1) is 0 Å². The smallest absolute Gasteiger partial charge is 0.238 e. The van der Waals surface area contributed by atoms with E-state index in [1.165, 1.54) is 23.9 Å². The molecule has 0 aromatic heterocycles. The van der Waals surface area contributed by atoms with E-state index in [-0.39, 0.29) is 16.1 Å². The summed E-state index contributed by atoms with van der Waals surface area (Å²) < 4.78 is 22.4. The molecule has 0 aliphatic rings. The summed E-state index contributed by atoms with van der Waals surface area (Å²) in [6.07, 6.45) is 0.606.